The first kappa shape index (κ1) is 21.8. The minimum atomic E-state index is -3.86. The van der Waals surface area contributed by atoms with Crippen LogP contribution in [0.5, 0.6) is 5.75 Å². The van der Waals surface area contributed by atoms with E-state index < -0.39 is 10.0 Å². The summed E-state index contributed by atoms with van der Waals surface area (Å²) in [6, 6.07) is 23.1. The Morgan fingerprint density at radius 3 is 2.41 bits per heavy atom. The molecule has 32 heavy (non-hydrogen) atoms. The van der Waals surface area contributed by atoms with Gasteiger partial charge in [0.15, 0.2) is 0 Å². The van der Waals surface area contributed by atoms with Gasteiger partial charge in [0.05, 0.1) is 11.1 Å². The first-order valence-electron chi connectivity index (χ1n) is 9.62. The zero-order valence-corrected chi connectivity index (χ0v) is 18.3. The standard InChI is InChI=1S/C24H18ClFN2O3S/c25-19-8-12-21(13-9-19)32(29,30)28-27-15-23-22-4-2-1-3-18(22)7-14-24(23)31-16-17-5-10-20(26)11-6-17/h1-15,28H,16H2/b27-15-. The summed E-state index contributed by atoms with van der Waals surface area (Å²) in [4.78, 5) is 2.26. The van der Waals surface area contributed by atoms with Gasteiger partial charge in [0.25, 0.3) is 10.0 Å². The normalized spacial score (nSPS) is 11.7. The minimum absolute atomic E-state index is 0.0461. The molecule has 0 unspecified atom stereocenters. The van der Waals surface area contributed by atoms with Gasteiger partial charge in [0.2, 0.25) is 0 Å². The minimum Gasteiger partial charge on any atom is -0.488 e. The Labute approximate surface area is 190 Å². The van der Waals surface area contributed by atoms with Crippen molar-refractivity contribution in [3.05, 3.63) is 107 Å². The van der Waals surface area contributed by atoms with Crippen LogP contribution in [0.2, 0.25) is 5.02 Å². The number of benzene rings is 4. The Balaban J connectivity index is 1.61. The van der Waals surface area contributed by atoms with E-state index in [0.717, 1.165) is 16.3 Å². The molecule has 0 heterocycles. The van der Waals surface area contributed by atoms with Gasteiger partial charge in [-0.05, 0) is 58.8 Å². The number of rotatable bonds is 7. The van der Waals surface area contributed by atoms with Crippen LogP contribution in [0, 0.1) is 5.82 Å². The third-order valence-corrected chi connectivity index (χ3v) is 6.22. The van der Waals surface area contributed by atoms with Gasteiger partial charge in [-0.15, -0.1) is 0 Å². The highest BCUT2D eigenvalue weighted by Crippen LogP contribution is 2.27. The average Bonchev–Trinajstić information content (AvgIpc) is 2.79. The molecular weight excluding hydrogens is 451 g/mol. The van der Waals surface area contributed by atoms with Gasteiger partial charge in [-0.1, -0.05) is 54.1 Å². The molecule has 0 saturated heterocycles. The summed E-state index contributed by atoms with van der Waals surface area (Å²) >= 11 is 5.82. The zero-order valence-electron chi connectivity index (χ0n) is 16.7. The number of hydrogen-bond donors (Lipinski definition) is 1. The van der Waals surface area contributed by atoms with Crippen molar-refractivity contribution < 1.29 is 17.5 Å². The molecule has 0 bridgehead atoms. The molecule has 0 amide bonds. The van der Waals surface area contributed by atoms with Crippen LogP contribution in [0.1, 0.15) is 11.1 Å². The second-order valence-electron chi connectivity index (χ2n) is 6.92. The average molecular weight is 469 g/mol. The molecule has 4 aromatic rings. The lowest BCUT2D eigenvalue weighted by Crippen LogP contribution is -2.18. The number of hydrogen-bond acceptors (Lipinski definition) is 4. The quantitative estimate of drug-likeness (QED) is 0.286. The molecule has 0 aromatic heterocycles. The van der Waals surface area contributed by atoms with Crippen molar-refractivity contribution in [3.8, 4) is 5.75 Å². The van der Waals surface area contributed by atoms with Crippen molar-refractivity contribution >= 4 is 38.6 Å². The highest BCUT2D eigenvalue weighted by atomic mass is 35.5. The molecule has 1 N–H and O–H groups in total. The van der Waals surface area contributed by atoms with E-state index in [1.807, 2.05) is 30.3 Å². The molecule has 0 aliphatic rings. The summed E-state index contributed by atoms with van der Waals surface area (Å²) in [5.74, 6) is 0.197. The first-order chi connectivity index (χ1) is 15.4. The van der Waals surface area contributed by atoms with E-state index in [0.29, 0.717) is 16.3 Å². The highest BCUT2D eigenvalue weighted by Gasteiger charge is 2.13. The molecule has 0 saturated carbocycles. The molecule has 162 valence electrons. The molecule has 4 rings (SSSR count). The number of hydrazone groups is 1. The molecule has 8 heteroatoms. The van der Waals surface area contributed by atoms with Crippen LogP contribution in [0.25, 0.3) is 10.8 Å². The van der Waals surface area contributed by atoms with Crippen molar-refractivity contribution in [3.63, 3.8) is 0 Å². The fourth-order valence-corrected chi connectivity index (χ4v) is 4.02. The molecule has 5 nitrogen and oxygen atoms in total. The highest BCUT2D eigenvalue weighted by molar-refractivity contribution is 7.89. The van der Waals surface area contributed by atoms with Gasteiger partial charge < -0.3 is 4.74 Å². The van der Waals surface area contributed by atoms with Crippen LogP contribution in [0.3, 0.4) is 0 Å². The van der Waals surface area contributed by atoms with Crippen LogP contribution in [0.15, 0.2) is 94.9 Å². The van der Waals surface area contributed by atoms with E-state index in [2.05, 4.69) is 9.93 Å². The molecule has 0 atom stereocenters. The number of fused-ring (bicyclic) bond motifs is 1. The maximum Gasteiger partial charge on any atom is 0.276 e. The fraction of sp³-hybridized carbons (Fsp3) is 0.0417. The van der Waals surface area contributed by atoms with Crippen molar-refractivity contribution in [1.29, 1.82) is 0 Å². The summed E-state index contributed by atoms with van der Waals surface area (Å²) in [5.41, 5.74) is 1.41. The second kappa shape index (κ2) is 9.38. The third-order valence-electron chi connectivity index (χ3n) is 4.73. The number of halogens is 2. The molecular formula is C24H18ClFN2O3S. The Kier molecular flexibility index (Phi) is 6.39. The summed E-state index contributed by atoms with van der Waals surface area (Å²) < 4.78 is 44.1. The Hall–Kier alpha value is -3.42. The predicted octanol–water partition coefficient (Wildman–Crippen LogP) is 5.52. The summed E-state index contributed by atoms with van der Waals surface area (Å²) in [5, 5.41) is 6.19. The van der Waals surface area contributed by atoms with Gasteiger partial charge in [-0.2, -0.15) is 13.5 Å². The van der Waals surface area contributed by atoms with Crippen molar-refractivity contribution in [2.75, 3.05) is 0 Å². The van der Waals surface area contributed by atoms with E-state index in [9.17, 15) is 12.8 Å². The van der Waals surface area contributed by atoms with E-state index >= 15 is 0 Å². The summed E-state index contributed by atoms with van der Waals surface area (Å²) in [6.07, 6.45) is 1.41. The third kappa shape index (κ3) is 5.07. The topological polar surface area (TPSA) is 67.8 Å². The van der Waals surface area contributed by atoms with E-state index in [1.54, 1.807) is 18.2 Å². The molecule has 0 radical (unpaired) electrons. The lowest BCUT2D eigenvalue weighted by atomic mass is 10.0. The van der Waals surface area contributed by atoms with E-state index in [1.165, 1.54) is 42.6 Å². The number of sulfonamides is 1. The second-order valence-corrected chi connectivity index (χ2v) is 9.02. The molecule has 0 fully saturated rings. The van der Waals surface area contributed by atoms with Crippen LogP contribution >= 0.6 is 11.6 Å². The largest absolute Gasteiger partial charge is 0.488 e. The van der Waals surface area contributed by atoms with Gasteiger partial charge in [0, 0.05) is 10.6 Å². The van der Waals surface area contributed by atoms with E-state index in [4.69, 9.17) is 16.3 Å². The van der Waals surface area contributed by atoms with Crippen LogP contribution < -0.4 is 9.57 Å². The van der Waals surface area contributed by atoms with Crippen LogP contribution in [-0.2, 0) is 16.6 Å². The Bertz CT molecular complexity index is 1370. The fourth-order valence-electron chi connectivity index (χ4n) is 3.10. The lowest BCUT2D eigenvalue weighted by molar-refractivity contribution is 0.306. The van der Waals surface area contributed by atoms with Gasteiger partial charge in [-0.3, -0.25) is 0 Å². The van der Waals surface area contributed by atoms with Gasteiger partial charge in [-0.25, -0.2) is 9.22 Å². The summed E-state index contributed by atoms with van der Waals surface area (Å²) in [7, 11) is -3.86. The maximum absolute atomic E-state index is 13.1. The van der Waals surface area contributed by atoms with Crippen LogP contribution in [-0.4, -0.2) is 14.6 Å². The van der Waals surface area contributed by atoms with Crippen LogP contribution in [0.4, 0.5) is 4.39 Å². The van der Waals surface area contributed by atoms with Crippen molar-refractivity contribution in [2.24, 2.45) is 5.10 Å². The number of nitrogens with zero attached hydrogens (tertiary/aromatic N) is 1. The first-order valence-corrected chi connectivity index (χ1v) is 11.5. The van der Waals surface area contributed by atoms with Gasteiger partial charge in [0.1, 0.15) is 18.2 Å². The monoisotopic (exact) mass is 468 g/mol. The van der Waals surface area contributed by atoms with Gasteiger partial charge >= 0.3 is 0 Å². The van der Waals surface area contributed by atoms with Crippen molar-refractivity contribution in [1.82, 2.24) is 4.83 Å². The van der Waals surface area contributed by atoms with Crippen molar-refractivity contribution in [2.45, 2.75) is 11.5 Å². The SMILES string of the molecule is O=S(=O)(N/N=C\c1c(OCc2ccc(F)cc2)ccc2ccccc12)c1ccc(Cl)cc1. The molecule has 0 aliphatic carbocycles. The predicted molar refractivity (Wildman–Crippen MR) is 124 cm³/mol. The number of ether oxygens (including phenoxy) is 1. The summed E-state index contributed by atoms with van der Waals surface area (Å²) in [6.45, 7) is 0.218. The Morgan fingerprint density at radius 1 is 0.938 bits per heavy atom. The molecule has 4 aromatic carbocycles. The number of nitrogens with one attached hydrogen (secondary N) is 1. The molecule has 0 spiro atoms. The molecule has 0 aliphatic heterocycles. The zero-order chi connectivity index (χ0) is 22.6. The maximum atomic E-state index is 13.1. The lowest BCUT2D eigenvalue weighted by Gasteiger charge is -2.12. The smallest absolute Gasteiger partial charge is 0.276 e. The Morgan fingerprint density at radius 2 is 1.66 bits per heavy atom. The van der Waals surface area contributed by atoms with E-state index in [-0.39, 0.29) is 17.3 Å².